The average Bonchev–Trinajstić information content (AvgIpc) is 3.12. The summed E-state index contributed by atoms with van der Waals surface area (Å²) >= 11 is 0. The molecule has 6 rings (SSSR count). The molecule has 3 unspecified atom stereocenters. The number of carbonyl (C=O) groups is 1. The number of aromatic hydroxyl groups is 1. The molecule has 26 heavy (non-hydrogen) atoms. The fourth-order valence-corrected chi connectivity index (χ4v) is 5.36. The van der Waals surface area contributed by atoms with Crippen molar-refractivity contribution in [3.63, 3.8) is 0 Å². The second-order valence-electron chi connectivity index (χ2n) is 7.75. The minimum Gasteiger partial charge on any atom is -0.508 e. The molecule has 1 aromatic heterocycles. The number of fused-ring (bicyclic) bond motifs is 2. The monoisotopic (exact) mass is 349 g/mol. The van der Waals surface area contributed by atoms with Gasteiger partial charge in [0.25, 0.3) is 5.91 Å². The molecule has 3 atom stereocenters. The van der Waals surface area contributed by atoms with E-state index in [4.69, 9.17) is 0 Å². The zero-order valence-electron chi connectivity index (χ0n) is 14.7. The highest BCUT2D eigenvalue weighted by Crippen LogP contribution is 2.47. The largest absolute Gasteiger partial charge is 0.508 e. The van der Waals surface area contributed by atoms with Crippen molar-refractivity contribution in [2.45, 2.75) is 30.8 Å². The van der Waals surface area contributed by atoms with E-state index < -0.39 is 0 Å². The molecule has 4 saturated heterocycles. The minimum absolute atomic E-state index is 0.110. The van der Waals surface area contributed by atoms with E-state index in [1.807, 2.05) is 12.1 Å². The fraction of sp³-hybridized carbons (Fsp3) is 0.429. The van der Waals surface area contributed by atoms with Gasteiger partial charge in [-0.05, 0) is 61.7 Å². The van der Waals surface area contributed by atoms with Crippen LogP contribution in [0.15, 0.2) is 48.8 Å². The lowest BCUT2D eigenvalue weighted by molar-refractivity contribution is -0.00342. The Hall–Kier alpha value is -2.40. The van der Waals surface area contributed by atoms with Gasteiger partial charge in [0.2, 0.25) is 0 Å². The van der Waals surface area contributed by atoms with Gasteiger partial charge in [-0.2, -0.15) is 0 Å². The first kappa shape index (κ1) is 15.8. The van der Waals surface area contributed by atoms with E-state index in [1.54, 1.807) is 30.6 Å². The van der Waals surface area contributed by atoms with Gasteiger partial charge >= 0.3 is 0 Å². The average molecular weight is 349 g/mol. The molecule has 5 heterocycles. The molecule has 4 aliphatic rings. The van der Waals surface area contributed by atoms with Gasteiger partial charge in [0.15, 0.2) is 0 Å². The lowest BCUT2D eigenvalue weighted by Gasteiger charge is -2.51. The molecule has 5 heteroatoms. The lowest BCUT2D eigenvalue weighted by Crippen LogP contribution is -2.60. The first-order chi connectivity index (χ1) is 12.7. The van der Waals surface area contributed by atoms with E-state index in [0.717, 1.165) is 18.7 Å². The van der Waals surface area contributed by atoms with E-state index in [0.29, 0.717) is 29.8 Å². The van der Waals surface area contributed by atoms with Crippen molar-refractivity contribution < 1.29 is 9.90 Å². The minimum atomic E-state index is 0.110. The van der Waals surface area contributed by atoms with Gasteiger partial charge in [-0.1, -0.05) is 12.1 Å². The molecular weight excluding hydrogens is 326 g/mol. The van der Waals surface area contributed by atoms with E-state index in [1.165, 1.54) is 12.8 Å². The number of benzene rings is 1. The number of hydrogen-bond acceptors (Lipinski definition) is 4. The summed E-state index contributed by atoms with van der Waals surface area (Å²) < 4.78 is 0. The molecule has 4 fully saturated rings. The van der Waals surface area contributed by atoms with Gasteiger partial charge in [0, 0.05) is 36.5 Å². The number of piperidine rings is 3. The van der Waals surface area contributed by atoms with E-state index in [2.05, 4.69) is 20.9 Å². The van der Waals surface area contributed by atoms with Gasteiger partial charge < -0.3 is 10.0 Å². The number of likely N-dealkylation sites (tertiary alicyclic amines) is 1. The SMILES string of the molecule is O=C(c1ccncc1)N1CC(c2cccc(O)c2)C2C1C1CCN2CC1. The zero-order chi connectivity index (χ0) is 17.7. The summed E-state index contributed by atoms with van der Waals surface area (Å²) in [6.45, 7) is 2.96. The van der Waals surface area contributed by atoms with Crippen molar-refractivity contribution in [1.82, 2.24) is 14.8 Å². The number of rotatable bonds is 2. The highest BCUT2D eigenvalue weighted by Gasteiger charge is 2.54. The summed E-state index contributed by atoms with van der Waals surface area (Å²) in [4.78, 5) is 22.0. The number of aromatic nitrogens is 1. The predicted molar refractivity (Wildman–Crippen MR) is 98.0 cm³/mol. The van der Waals surface area contributed by atoms with E-state index in [-0.39, 0.29) is 17.9 Å². The maximum Gasteiger partial charge on any atom is 0.254 e. The van der Waals surface area contributed by atoms with Crippen molar-refractivity contribution in [2.75, 3.05) is 19.6 Å². The number of pyridine rings is 1. The molecule has 2 bridgehead atoms. The second-order valence-corrected chi connectivity index (χ2v) is 7.75. The fourth-order valence-electron chi connectivity index (χ4n) is 5.36. The Morgan fingerprint density at radius 3 is 2.58 bits per heavy atom. The molecular formula is C21H23N3O2. The van der Waals surface area contributed by atoms with Crippen LogP contribution in [0, 0.1) is 5.92 Å². The summed E-state index contributed by atoms with van der Waals surface area (Å²) in [7, 11) is 0. The summed E-state index contributed by atoms with van der Waals surface area (Å²) in [5, 5.41) is 9.95. The quantitative estimate of drug-likeness (QED) is 0.905. The molecule has 0 aliphatic carbocycles. The summed E-state index contributed by atoms with van der Waals surface area (Å²) in [6.07, 6.45) is 5.72. The van der Waals surface area contributed by atoms with Crippen molar-refractivity contribution in [3.05, 3.63) is 59.9 Å². The molecule has 5 nitrogen and oxygen atoms in total. The van der Waals surface area contributed by atoms with Crippen LogP contribution in [-0.4, -0.2) is 57.5 Å². The Morgan fingerprint density at radius 2 is 1.85 bits per heavy atom. The van der Waals surface area contributed by atoms with Gasteiger partial charge in [0.1, 0.15) is 5.75 Å². The molecule has 2 aromatic rings. The van der Waals surface area contributed by atoms with Crippen LogP contribution in [0.2, 0.25) is 0 Å². The molecule has 0 spiro atoms. The number of phenols is 1. The third-order valence-corrected chi connectivity index (χ3v) is 6.48. The highest BCUT2D eigenvalue weighted by atomic mass is 16.3. The topological polar surface area (TPSA) is 56.7 Å². The Bertz CT molecular complexity index is 817. The van der Waals surface area contributed by atoms with Crippen LogP contribution in [0.4, 0.5) is 0 Å². The normalized spacial score (nSPS) is 32.5. The summed E-state index contributed by atoms with van der Waals surface area (Å²) in [5.41, 5.74) is 1.85. The number of amides is 1. The Morgan fingerprint density at radius 1 is 1.08 bits per heavy atom. The van der Waals surface area contributed by atoms with Crippen LogP contribution in [0.25, 0.3) is 0 Å². The lowest BCUT2D eigenvalue weighted by atomic mass is 9.75. The van der Waals surface area contributed by atoms with Crippen LogP contribution in [0.3, 0.4) is 0 Å². The highest BCUT2D eigenvalue weighted by molar-refractivity contribution is 5.94. The number of phenolic OH excluding ortho intramolecular Hbond substituents is 1. The first-order valence-electron chi connectivity index (χ1n) is 9.46. The standard InChI is InChI=1S/C21H23N3O2/c25-17-3-1-2-16(12-17)18-13-24(21(26)15-4-8-22-9-5-15)19-14-6-10-23(11-7-14)20(18)19/h1-5,8-9,12,14,18-20,25H,6-7,10-11,13H2. The predicted octanol–water partition coefficient (Wildman–Crippen LogP) is 2.49. The van der Waals surface area contributed by atoms with Crippen molar-refractivity contribution in [1.29, 1.82) is 0 Å². The first-order valence-corrected chi connectivity index (χ1v) is 9.46. The van der Waals surface area contributed by atoms with E-state index in [9.17, 15) is 9.90 Å². The van der Waals surface area contributed by atoms with Gasteiger partial charge in [0.05, 0.1) is 6.04 Å². The smallest absolute Gasteiger partial charge is 0.254 e. The van der Waals surface area contributed by atoms with Crippen molar-refractivity contribution in [3.8, 4) is 5.75 Å². The molecule has 1 amide bonds. The third kappa shape index (κ3) is 2.42. The van der Waals surface area contributed by atoms with Gasteiger partial charge in [-0.15, -0.1) is 0 Å². The van der Waals surface area contributed by atoms with Crippen LogP contribution in [0.1, 0.15) is 34.7 Å². The summed E-state index contributed by atoms with van der Waals surface area (Å²) in [6, 6.07) is 11.8. The number of hydrogen-bond donors (Lipinski definition) is 1. The molecule has 4 aliphatic heterocycles. The van der Waals surface area contributed by atoms with Gasteiger partial charge in [-0.25, -0.2) is 0 Å². The summed E-state index contributed by atoms with van der Waals surface area (Å²) in [5.74, 6) is 1.24. The molecule has 134 valence electrons. The van der Waals surface area contributed by atoms with Crippen LogP contribution >= 0.6 is 0 Å². The van der Waals surface area contributed by atoms with Crippen LogP contribution < -0.4 is 0 Å². The molecule has 1 N–H and O–H groups in total. The Balaban J connectivity index is 1.54. The number of nitrogens with zero attached hydrogens (tertiary/aromatic N) is 3. The van der Waals surface area contributed by atoms with Crippen LogP contribution in [-0.2, 0) is 0 Å². The maximum atomic E-state index is 13.3. The van der Waals surface area contributed by atoms with Crippen molar-refractivity contribution in [2.24, 2.45) is 5.92 Å². The van der Waals surface area contributed by atoms with Crippen molar-refractivity contribution >= 4 is 5.91 Å². The number of carbonyl (C=O) groups excluding carboxylic acids is 1. The third-order valence-electron chi connectivity index (χ3n) is 6.48. The van der Waals surface area contributed by atoms with E-state index >= 15 is 0 Å². The molecule has 0 radical (unpaired) electrons. The Labute approximate surface area is 153 Å². The Kier molecular flexibility index (Phi) is 3.71. The second kappa shape index (κ2) is 6.09. The zero-order valence-corrected chi connectivity index (χ0v) is 14.7. The van der Waals surface area contributed by atoms with Gasteiger partial charge in [-0.3, -0.25) is 14.7 Å². The molecule has 1 aromatic carbocycles. The molecule has 0 saturated carbocycles. The van der Waals surface area contributed by atoms with Crippen LogP contribution in [0.5, 0.6) is 5.75 Å². The maximum absolute atomic E-state index is 13.3.